The number of hydrogen-bond acceptors (Lipinski definition) is 4. The van der Waals surface area contributed by atoms with Crippen LogP contribution in [0.2, 0.25) is 0 Å². The zero-order valence-corrected chi connectivity index (χ0v) is 12.7. The normalized spacial score (nSPS) is 21.9. The van der Waals surface area contributed by atoms with Crippen LogP contribution < -0.4 is 5.32 Å². The second-order valence-electron chi connectivity index (χ2n) is 5.28. The van der Waals surface area contributed by atoms with Gasteiger partial charge in [-0.1, -0.05) is 6.08 Å². The summed E-state index contributed by atoms with van der Waals surface area (Å²) in [6.45, 7) is 5.60. The van der Waals surface area contributed by atoms with Crippen molar-refractivity contribution < 1.29 is 17.6 Å². The van der Waals surface area contributed by atoms with Gasteiger partial charge in [-0.3, -0.25) is 4.79 Å². The lowest BCUT2D eigenvalue weighted by atomic mass is 10.1. The molecule has 20 heavy (non-hydrogen) atoms. The first-order valence-corrected chi connectivity index (χ1v) is 8.25. The predicted octanol–water partition coefficient (Wildman–Crippen LogP) is 2.02. The zero-order chi connectivity index (χ0) is 14.9. The van der Waals surface area contributed by atoms with Crippen LogP contribution in [0, 0.1) is 19.8 Å². The highest BCUT2D eigenvalue weighted by Gasteiger charge is 2.24. The van der Waals surface area contributed by atoms with Crippen molar-refractivity contribution in [2.45, 2.75) is 33.2 Å². The Kier molecular flexibility index (Phi) is 4.04. The Labute approximate surface area is 119 Å². The molecule has 2 atom stereocenters. The fourth-order valence-corrected chi connectivity index (χ4v) is 3.86. The van der Waals surface area contributed by atoms with E-state index in [-0.39, 0.29) is 30.0 Å². The van der Waals surface area contributed by atoms with Gasteiger partial charge in [-0.2, -0.15) is 0 Å². The van der Waals surface area contributed by atoms with E-state index in [1.807, 2.05) is 26.8 Å². The summed E-state index contributed by atoms with van der Waals surface area (Å²) in [5.74, 6) is 1.25. The molecule has 5 nitrogen and oxygen atoms in total. The van der Waals surface area contributed by atoms with E-state index in [2.05, 4.69) is 5.32 Å². The van der Waals surface area contributed by atoms with Crippen LogP contribution in [0.1, 0.15) is 36.5 Å². The van der Waals surface area contributed by atoms with Gasteiger partial charge in [0.15, 0.2) is 9.84 Å². The number of allylic oxidation sites excluding steroid dienone is 1. The van der Waals surface area contributed by atoms with E-state index >= 15 is 0 Å². The van der Waals surface area contributed by atoms with Gasteiger partial charge >= 0.3 is 0 Å². The number of amides is 1. The third-order valence-corrected chi connectivity index (χ3v) is 4.84. The Hall–Kier alpha value is -1.56. The predicted molar refractivity (Wildman–Crippen MR) is 75.8 cm³/mol. The number of carbonyl (C=O) groups excluding carboxylic acids is 1. The van der Waals surface area contributed by atoms with Crippen LogP contribution >= 0.6 is 0 Å². The molecule has 1 amide bonds. The lowest BCUT2D eigenvalue weighted by Crippen LogP contribution is -2.28. The van der Waals surface area contributed by atoms with Gasteiger partial charge in [0.1, 0.15) is 11.5 Å². The third-order valence-electron chi connectivity index (χ3n) is 3.38. The van der Waals surface area contributed by atoms with Gasteiger partial charge in [0, 0.05) is 23.3 Å². The van der Waals surface area contributed by atoms with Crippen LogP contribution in [-0.2, 0) is 14.6 Å². The molecular formula is C14H19NO4S. The van der Waals surface area contributed by atoms with E-state index in [9.17, 15) is 13.2 Å². The summed E-state index contributed by atoms with van der Waals surface area (Å²) in [4.78, 5) is 11.9. The van der Waals surface area contributed by atoms with Crippen molar-refractivity contribution in [2.75, 3.05) is 5.75 Å². The molecule has 1 aromatic rings. The van der Waals surface area contributed by atoms with Crippen molar-refractivity contribution >= 4 is 15.7 Å². The molecule has 0 radical (unpaired) electrons. The summed E-state index contributed by atoms with van der Waals surface area (Å²) in [5.41, 5.74) is 0.949. The summed E-state index contributed by atoms with van der Waals surface area (Å²) in [6.07, 6.45) is 1.78. The van der Waals surface area contributed by atoms with E-state index in [0.717, 1.165) is 17.1 Å². The fraction of sp³-hybridized carbons (Fsp3) is 0.500. The number of sulfone groups is 1. The van der Waals surface area contributed by atoms with Crippen LogP contribution in [0.25, 0.3) is 0 Å². The monoisotopic (exact) mass is 297 g/mol. The summed E-state index contributed by atoms with van der Waals surface area (Å²) in [5, 5.41) is 4.07. The summed E-state index contributed by atoms with van der Waals surface area (Å²) < 4.78 is 28.0. The lowest BCUT2D eigenvalue weighted by molar-refractivity contribution is -0.122. The maximum Gasteiger partial charge on any atom is 0.221 e. The average Bonchev–Trinajstić information content (AvgIpc) is 2.81. The molecule has 0 fully saturated rings. The molecule has 2 unspecified atom stereocenters. The Morgan fingerprint density at radius 2 is 2.20 bits per heavy atom. The fourth-order valence-electron chi connectivity index (χ4n) is 2.46. The number of hydrogen-bond donors (Lipinski definition) is 1. The second kappa shape index (κ2) is 5.44. The maximum absolute atomic E-state index is 11.9. The van der Waals surface area contributed by atoms with Crippen LogP contribution in [0.5, 0.6) is 0 Å². The summed E-state index contributed by atoms with van der Waals surface area (Å²) in [6, 6.07) is 1.75. The van der Waals surface area contributed by atoms with Gasteiger partial charge in [0.25, 0.3) is 0 Å². The van der Waals surface area contributed by atoms with E-state index in [4.69, 9.17) is 4.42 Å². The smallest absolute Gasteiger partial charge is 0.221 e. The molecular weight excluding hydrogens is 278 g/mol. The van der Waals surface area contributed by atoms with E-state index in [0.29, 0.717) is 0 Å². The first-order valence-electron chi connectivity index (χ1n) is 6.54. The highest BCUT2D eigenvalue weighted by molar-refractivity contribution is 7.94. The molecule has 110 valence electrons. The molecule has 2 heterocycles. The quantitative estimate of drug-likeness (QED) is 0.922. The molecule has 6 heteroatoms. The Morgan fingerprint density at radius 3 is 2.70 bits per heavy atom. The first kappa shape index (κ1) is 14.8. The number of furan rings is 1. The van der Waals surface area contributed by atoms with E-state index < -0.39 is 9.84 Å². The van der Waals surface area contributed by atoms with Gasteiger partial charge in [-0.15, -0.1) is 0 Å². The van der Waals surface area contributed by atoms with Crippen LogP contribution in [0.15, 0.2) is 22.0 Å². The maximum atomic E-state index is 11.9. The molecule has 0 bridgehead atoms. The van der Waals surface area contributed by atoms with Crippen molar-refractivity contribution in [2.24, 2.45) is 5.92 Å². The number of nitrogens with one attached hydrogen (secondary N) is 1. The summed E-state index contributed by atoms with van der Waals surface area (Å²) in [7, 11) is -3.10. The van der Waals surface area contributed by atoms with Gasteiger partial charge in [0.05, 0.1) is 11.8 Å². The van der Waals surface area contributed by atoms with Gasteiger partial charge in [-0.25, -0.2) is 8.42 Å². The first-order chi connectivity index (χ1) is 9.27. The second-order valence-corrected chi connectivity index (χ2v) is 7.21. The van der Waals surface area contributed by atoms with Crippen molar-refractivity contribution in [3.63, 3.8) is 0 Å². The lowest BCUT2D eigenvalue weighted by Gasteiger charge is -2.14. The summed E-state index contributed by atoms with van der Waals surface area (Å²) >= 11 is 0. The van der Waals surface area contributed by atoms with Crippen molar-refractivity contribution in [3.05, 3.63) is 34.6 Å². The number of rotatable bonds is 4. The zero-order valence-electron chi connectivity index (χ0n) is 11.8. The minimum atomic E-state index is -3.10. The van der Waals surface area contributed by atoms with Gasteiger partial charge < -0.3 is 9.73 Å². The molecule has 1 aliphatic rings. The minimum Gasteiger partial charge on any atom is -0.466 e. The molecule has 2 rings (SSSR count). The molecule has 1 N–H and O–H groups in total. The van der Waals surface area contributed by atoms with Gasteiger partial charge in [0.2, 0.25) is 5.91 Å². The van der Waals surface area contributed by atoms with Crippen molar-refractivity contribution in [1.29, 1.82) is 0 Å². The third kappa shape index (κ3) is 3.50. The van der Waals surface area contributed by atoms with Gasteiger partial charge in [-0.05, 0) is 26.8 Å². The van der Waals surface area contributed by atoms with Crippen LogP contribution in [0.4, 0.5) is 0 Å². The van der Waals surface area contributed by atoms with Crippen molar-refractivity contribution in [1.82, 2.24) is 5.32 Å². The molecule has 0 spiro atoms. The number of carbonyl (C=O) groups is 1. The van der Waals surface area contributed by atoms with E-state index in [1.165, 1.54) is 5.41 Å². The molecule has 1 aliphatic heterocycles. The Balaban J connectivity index is 1.92. The molecule has 0 saturated heterocycles. The van der Waals surface area contributed by atoms with Crippen LogP contribution in [-0.4, -0.2) is 20.1 Å². The molecule has 0 aliphatic carbocycles. The largest absolute Gasteiger partial charge is 0.466 e. The highest BCUT2D eigenvalue weighted by Crippen LogP contribution is 2.22. The molecule has 1 aromatic heterocycles. The molecule has 0 aromatic carbocycles. The Bertz CT molecular complexity index is 642. The minimum absolute atomic E-state index is 0.0264. The molecule has 0 saturated carbocycles. The Morgan fingerprint density at radius 1 is 1.50 bits per heavy atom. The average molecular weight is 297 g/mol. The van der Waals surface area contributed by atoms with Crippen LogP contribution in [0.3, 0.4) is 0 Å². The standard InChI is InChI=1S/C14H19NO4S/c1-9-6-13(11(3)19-9)10(2)15-14(16)7-12-4-5-20(17,18)8-12/h4-6,10,12H,7-8H2,1-3H3,(H,15,16). The topological polar surface area (TPSA) is 76.4 Å². The number of aryl methyl sites for hydroxylation is 2. The van der Waals surface area contributed by atoms with Crippen molar-refractivity contribution in [3.8, 4) is 0 Å². The SMILES string of the molecule is Cc1cc(C(C)NC(=O)CC2C=CS(=O)(=O)C2)c(C)o1. The highest BCUT2D eigenvalue weighted by atomic mass is 32.2. The van der Waals surface area contributed by atoms with E-state index in [1.54, 1.807) is 6.08 Å².